The summed E-state index contributed by atoms with van der Waals surface area (Å²) in [6.07, 6.45) is 6.79. The third-order valence-corrected chi connectivity index (χ3v) is 4.64. The highest BCUT2D eigenvalue weighted by atomic mass is 16.2. The van der Waals surface area contributed by atoms with Crippen LogP contribution in [0.25, 0.3) is 0 Å². The van der Waals surface area contributed by atoms with Crippen molar-refractivity contribution >= 4 is 11.8 Å². The van der Waals surface area contributed by atoms with Gasteiger partial charge < -0.3 is 10.6 Å². The molecule has 0 aromatic heterocycles. The van der Waals surface area contributed by atoms with E-state index >= 15 is 0 Å². The van der Waals surface area contributed by atoms with E-state index in [0.29, 0.717) is 18.3 Å². The largest absolute Gasteiger partial charge is 0.352 e. The van der Waals surface area contributed by atoms with Crippen molar-refractivity contribution in [1.29, 1.82) is 0 Å². The molecule has 0 heterocycles. The molecule has 0 saturated heterocycles. The highest BCUT2D eigenvalue weighted by Gasteiger charge is 2.48. The minimum absolute atomic E-state index is 0.0201. The van der Waals surface area contributed by atoms with Crippen LogP contribution in [0.4, 0.5) is 0 Å². The molecule has 2 N–H and O–H groups in total. The fourth-order valence-electron chi connectivity index (χ4n) is 3.94. The molecule has 2 rings (SSSR count). The summed E-state index contributed by atoms with van der Waals surface area (Å²) in [4.78, 5) is 24.8. The maximum Gasteiger partial charge on any atom is 0.224 e. The van der Waals surface area contributed by atoms with Crippen LogP contribution in [-0.2, 0) is 9.59 Å². The second-order valence-corrected chi connectivity index (χ2v) is 9.21. The van der Waals surface area contributed by atoms with E-state index in [1.54, 1.807) is 0 Å². The number of carbonyl (C=O) groups is 2. The lowest BCUT2D eigenvalue weighted by Crippen LogP contribution is -2.47. The van der Waals surface area contributed by atoms with Crippen molar-refractivity contribution in [2.24, 2.45) is 23.7 Å². The summed E-state index contributed by atoms with van der Waals surface area (Å²) < 4.78 is 0. The van der Waals surface area contributed by atoms with E-state index in [4.69, 9.17) is 0 Å². The van der Waals surface area contributed by atoms with Crippen molar-refractivity contribution in [2.45, 2.75) is 71.9 Å². The van der Waals surface area contributed by atoms with E-state index in [1.165, 1.54) is 0 Å². The van der Waals surface area contributed by atoms with Crippen LogP contribution in [-0.4, -0.2) is 22.9 Å². The summed E-state index contributed by atoms with van der Waals surface area (Å²) in [5.74, 6) is 1.34. The Labute approximate surface area is 140 Å². The highest BCUT2D eigenvalue weighted by Crippen LogP contribution is 2.50. The molecule has 2 aliphatic carbocycles. The summed E-state index contributed by atoms with van der Waals surface area (Å²) in [6.45, 7) is 12.0. The summed E-state index contributed by atoms with van der Waals surface area (Å²) >= 11 is 0. The molecule has 4 heteroatoms. The number of carbonyl (C=O) groups excluding carboxylic acids is 2. The first-order valence-corrected chi connectivity index (χ1v) is 8.78. The Bertz CT molecular complexity index is 496. The fraction of sp³-hybridized carbons (Fsp3) is 0.789. The zero-order valence-electron chi connectivity index (χ0n) is 15.4. The molecule has 2 aliphatic rings. The zero-order valence-corrected chi connectivity index (χ0v) is 15.4. The van der Waals surface area contributed by atoms with Crippen LogP contribution in [0.5, 0.6) is 0 Å². The molecular formula is C19H32N2O2. The quantitative estimate of drug-likeness (QED) is 0.782. The number of hydrogen-bond acceptors (Lipinski definition) is 2. The molecule has 0 unspecified atom stereocenters. The van der Waals surface area contributed by atoms with Gasteiger partial charge in [0.25, 0.3) is 0 Å². The first kappa shape index (κ1) is 18.0. The second-order valence-electron chi connectivity index (χ2n) is 9.21. The minimum Gasteiger partial charge on any atom is -0.352 e. The summed E-state index contributed by atoms with van der Waals surface area (Å²) in [5.41, 5.74) is -0.411. The van der Waals surface area contributed by atoms with E-state index in [9.17, 15) is 9.59 Å². The summed E-state index contributed by atoms with van der Waals surface area (Å²) in [7, 11) is 0. The Morgan fingerprint density at radius 1 is 0.957 bits per heavy atom. The Kier molecular flexibility index (Phi) is 4.93. The molecule has 4 atom stereocenters. The van der Waals surface area contributed by atoms with Gasteiger partial charge in [0.15, 0.2) is 0 Å². The summed E-state index contributed by atoms with van der Waals surface area (Å²) in [6, 6.07) is 0. The van der Waals surface area contributed by atoms with E-state index in [0.717, 1.165) is 12.8 Å². The smallest absolute Gasteiger partial charge is 0.224 e. The minimum atomic E-state index is -0.212. The van der Waals surface area contributed by atoms with Crippen LogP contribution < -0.4 is 10.6 Å². The molecule has 0 aromatic rings. The number of amides is 2. The van der Waals surface area contributed by atoms with E-state index in [2.05, 4.69) is 22.8 Å². The molecule has 0 aliphatic heterocycles. The van der Waals surface area contributed by atoms with Crippen LogP contribution in [0, 0.1) is 23.7 Å². The molecule has 2 amide bonds. The predicted molar refractivity (Wildman–Crippen MR) is 92.7 cm³/mol. The molecular weight excluding hydrogens is 288 g/mol. The third kappa shape index (κ3) is 4.82. The summed E-state index contributed by atoms with van der Waals surface area (Å²) in [5, 5.41) is 6.14. The van der Waals surface area contributed by atoms with Gasteiger partial charge in [0.05, 0.1) is 0 Å². The van der Waals surface area contributed by atoms with Gasteiger partial charge >= 0.3 is 0 Å². The monoisotopic (exact) mass is 320 g/mol. The normalized spacial score (nSPS) is 29.7. The molecule has 23 heavy (non-hydrogen) atoms. The van der Waals surface area contributed by atoms with E-state index in [1.807, 2.05) is 41.5 Å². The molecule has 0 radical (unpaired) electrons. The molecule has 2 bridgehead atoms. The van der Waals surface area contributed by atoms with Crippen LogP contribution in [0.1, 0.15) is 60.8 Å². The van der Waals surface area contributed by atoms with Gasteiger partial charge in [0, 0.05) is 23.4 Å². The zero-order chi connectivity index (χ0) is 17.4. The Hall–Kier alpha value is -1.32. The average Bonchev–Trinajstić information content (AvgIpc) is 2.91. The van der Waals surface area contributed by atoms with Gasteiger partial charge in [0.2, 0.25) is 11.8 Å². The van der Waals surface area contributed by atoms with Crippen LogP contribution >= 0.6 is 0 Å². The van der Waals surface area contributed by atoms with Gasteiger partial charge in [-0.1, -0.05) is 12.2 Å². The number of hydrogen-bond donors (Lipinski definition) is 2. The van der Waals surface area contributed by atoms with Gasteiger partial charge in [-0.25, -0.2) is 0 Å². The standard InChI is InChI=1S/C19H32N2O2/c1-18(2,3)20-15(22)10-9-14-12-7-8-13(11-12)16(14)17(23)21-19(4,5)6/h7-8,12-14,16H,9-11H2,1-6H3,(H,20,22)(H,21,23)/t12-,13+,14+,16+/m1/s1. The van der Waals surface area contributed by atoms with Crippen LogP contribution in [0.15, 0.2) is 12.2 Å². The fourth-order valence-corrected chi connectivity index (χ4v) is 3.94. The number of nitrogens with one attached hydrogen (secondary N) is 2. The van der Waals surface area contributed by atoms with Gasteiger partial charge in [-0.05, 0) is 72.1 Å². The van der Waals surface area contributed by atoms with Gasteiger partial charge in [0.1, 0.15) is 0 Å². The number of rotatable bonds is 4. The van der Waals surface area contributed by atoms with Gasteiger partial charge in [-0.15, -0.1) is 0 Å². The maximum atomic E-state index is 12.7. The van der Waals surface area contributed by atoms with Crippen LogP contribution in [0.2, 0.25) is 0 Å². The second kappa shape index (κ2) is 6.29. The van der Waals surface area contributed by atoms with Crippen molar-refractivity contribution in [3.05, 3.63) is 12.2 Å². The highest BCUT2D eigenvalue weighted by molar-refractivity contribution is 5.81. The molecule has 0 spiro atoms. The van der Waals surface area contributed by atoms with Gasteiger partial charge in [-0.2, -0.15) is 0 Å². The predicted octanol–water partition coefficient (Wildman–Crippen LogP) is 3.03. The van der Waals surface area contributed by atoms with Crippen molar-refractivity contribution in [1.82, 2.24) is 10.6 Å². The van der Waals surface area contributed by atoms with Crippen molar-refractivity contribution in [3.63, 3.8) is 0 Å². The first-order valence-electron chi connectivity index (χ1n) is 8.78. The Morgan fingerprint density at radius 3 is 2.09 bits per heavy atom. The third-order valence-electron chi connectivity index (χ3n) is 4.64. The van der Waals surface area contributed by atoms with Crippen molar-refractivity contribution in [2.75, 3.05) is 0 Å². The molecule has 130 valence electrons. The van der Waals surface area contributed by atoms with Crippen molar-refractivity contribution in [3.8, 4) is 0 Å². The lowest BCUT2D eigenvalue weighted by molar-refractivity contribution is -0.129. The van der Waals surface area contributed by atoms with Crippen LogP contribution in [0.3, 0.4) is 0 Å². The van der Waals surface area contributed by atoms with E-state index < -0.39 is 0 Å². The lowest BCUT2D eigenvalue weighted by atomic mass is 9.79. The first-order chi connectivity index (χ1) is 10.5. The SMILES string of the molecule is CC(C)(C)NC(=O)CC[C@@H]1[C@@H](C(=O)NC(C)(C)C)[C@H]2C=C[C@@H]1C2. The van der Waals surface area contributed by atoms with E-state index in [-0.39, 0.29) is 34.7 Å². The molecule has 4 nitrogen and oxygen atoms in total. The average molecular weight is 320 g/mol. The number of allylic oxidation sites excluding steroid dienone is 2. The molecule has 1 fully saturated rings. The Morgan fingerprint density at radius 2 is 1.52 bits per heavy atom. The molecule has 1 saturated carbocycles. The lowest BCUT2D eigenvalue weighted by Gasteiger charge is -2.31. The molecule has 0 aromatic carbocycles. The van der Waals surface area contributed by atoms with Crippen molar-refractivity contribution < 1.29 is 9.59 Å². The number of fused-ring (bicyclic) bond motifs is 2. The maximum absolute atomic E-state index is 12.7. The van der Waals surface area contributed by atoms with Gasteiger partial charge in [-0.3, -0.25) is 9.59 Å². The topological polar surface area (TPSA) is 58.2 Å². The Balaban J connectivity index is 1.98.